The lowest BCUT2D eigenvalue weighted by Gasteiger charge is -2.31. The molecule has 2 saturated heterocycles. The number of aliphatic hydroxyl groups excluding tert-OH is 1. The molecule has 0 spiro atoms. The number of nitrogens with zero attached hydrogens (tertiary/aromatic N) is 1. The van der Waals surface area contributed by atoms with Gasteiger partial charge in [0.1, 0.15) is 6.10 Å². The summed E-state index contributed by atoms with van der Waals surface area (Å²) in [7, 11) is -2.77. The normalized spacial score (nSPS) is 23.0. The number of carbonyl (C=O) groups excluding carboxylic acids is 2. The number of hydrogen-bond donors (Lipinski definition) is 4. The molecule has 0 unspecified atom stereocenters. The highest BCUT2D eigenvalue weighted by atomic mass is 32.2. The monoisotopic (exact) mass is 646 g/mol. The van der Waals surface area contributed by atoms with E-state index in [1.54, 1.807) is 12.1 Å². The number of hydroxylamine groups is 1. The third-order valence-electron chi connectivity index (χ3n) is 8.35. The Kier molecular flexibility index (Phi) is 11.3. The molecule has 2 aromatic carbocycles. The van der Waals surface area contributed by atoms with Crippen LogP contribution in [-0.2, 0) is 40.3 Å². The predicted octanol–water partition coefficient (Wildman–Crippen LogP) is 2.17. The number of likely N-dealkylation sites (N-methyl/N-ethyl adjacent to an activating group) is 1. The van der Waals surface area contributed by atoms with Gasteiger partial charge in [-0.25, -0.2) is 13.2 Å². The van der Waals surface area contributed by atoms with Gasteiger partial charge in [0, 0.05) is 12.7 Å². The second kappa shape index (κ2) is 15.3. The Morgan fingerprint density at radius 3 is 2.60 bits per heavy atom. The minimum atomic E-state index is -4.28. The van der Waals surface area contributed by atoms with E-state index in [0.29, 0.717) is 31.6 Å². The summed E-state index contributed by atoms with van der Waals surface area (Å²) in [5.74, 6) is -0.319. The van der Waals surface area contributed by atoms with Gasteiger partial charge in [-0.15, -0.1) is 0 Å². The summed E-state index contributed by atoms with van der Waals surface area (Å²) < 4.78 is 45.6. The second-order valence-corrected chi connectivity index (χ2v) is 13.4. The molecule has 1 aliphatic carbocycles. The molecule has 4 N–H and O–H groups in total. The summed E-state index contributed by atoms with van der Waals surface area (Å²) in [5, 5.41) is 19.7. The SMILES string of the molecule is CNC(=O)CNc1cccc(S(=O)(=O)N(C[C@H](O)[C@H](Cc2ccccc2)NC(=O)O[C@@H]2CO[C@@H]3OCC[C@@H]32)OC2CCCC2)c1. The number of anilines is 1. The summed E-state index contributed by atoms with van der Waals surface area (Å²) in [6.07, 6.45) is 0.780. The van der Waals surface area contributed by atoms with Gasteiger partial charge in [0.25, 0.3) is 10.0 Å². The van der Waals surface area contributed by atoms with Crippen LogP contribution in [-0.4, -0.2) is 94.0 Å². The second-order valence-electron chi connectivity index (χ2n) is 11.5. The number of benzene rings is 2. The maximum atomic E-state index is 14.0. The van der Waals surface area contributed by atoms with Gasteiger partial charge in [-0.05, 0) is 49.4 Å². The Bertz CT molecular complexity index is 1390. The molecule has 246 valence electrons. The first-order chi connectivity index (χ1) is 21.7. The smallest absolute Gasteiger partial charge is 0.407 e. The molecule has 1 saturated carbocycles. The standard InChI is InChI=1S/C31H42N4O9S/c1-32-29(37)18-33-22-10-7-13-24(17-22)45(39,40)35(44-23-11-5-6-12-23)19-27(36)26(16-21-8-3-2-4-9-21)34-31(38)43-28-20-42-30-25(28)14-15-41-30/h2-4,7-10,13,17,23,25-28,30,33,36H,5-6,11-12,14-16,18-20H2,1H3,(H,32,37)(H,34,38)/t25-,26+,27+,28-,30+/m1/s1. The van der Waals surface area contributed by atoms with Gasteiger partial charge in [0.05, 0.1) is 55.4 Å². The Morgan fingerprint density at radius 1 is 1.07 bits per heavy atom. The van der Waals surface area contributed by atoms with Crippen molar-refractivity contribution in [2.24, 2.45) is 5.92 Å². The summed E-state index contributed by atoms with van der Waals surface area (Å²) >= 11 is 0. The summed E-state index contributed by atoms with van der Waals surface area (Å²) in [5.41, 5.74) is 1.26. The number of sulfonamides is 1. The average Bonchev–Trinajstić information content (AvgIpc) is 3.81. The lowest BCUT2D eigenvalue weighted by atomic mass is 10.0. The van der Waals surface area contributed by atoms with Crippen molar-refractivity contribution in [3.8, 4) is 0 Å². The number of amides is 2. The van der Waals surface area contributed by atoms with E-state index in [4.69, 9.17) is 19.0 Å². The van der Waals surface area contributed by atoms with Crippen molar-refractivity contribution in [2.45, 2.75) is 74.1 Å². The minimum absolute atomic E-state index is 0.0364. The van der Waals surface area contributed by atoms with Gasteiger partial charge in [-0.2, -0.15) is 0 Å². The zero-order chi connectivity index (χ0) is 31.8. The quantitative estimate of drug-likeness (QED) is 0.224. The van der Waals surface area contributed by atoms with Crippen molar-refractivity contribution >= 4 is 27.7 Å². The predicted molar refractivity (Wildman–Crippen MR) is 163 cm³/mol. The van der Waals surface area contributed by atoms with E-state index in [2.05, 4.69) is 16.0 Å². The maximum Gasteiger partial charge on any atom is 0.407 e. The number of rotatable bonds is 14. The van der Waals surface area contributed by atoms with E-state index in [-0.39, 0.29) is 42.4 Å². The Morgan fingerprint density at radius 2 is 1.84 bits per heavy atom. The van der Waals surface area contributed by atoms with Crippen LogP contribution in [0.15, 0.2) is 59.5 Å². The number of alkyl carbamates (subject to hydrolysis) is 1. The van der Waals surface area contributed by atoms with Gasteiger partial charge in [-0.3, -0.25) is 9.63 Å². The van der Waals surface area contributed by atoms with Crippen LogP contribution in [0.1, 0.15) is 37.7 Å². The van der Waals surface area contributed by atoms with Crippen molar-refractivity contribution in [1.29, 1.82) is 0 Å². The third-order valence-corrected chi connectivity index (χ3v) is 9.97. The lowest BCUT2D eigenvalue weighted by Crippen LogP contribution is -2.51. The molecular weight excluding hydrogens is 604 g/mol. The third kappa shape index (κ3) is 8.71. The summed E-state index contributed by atoms with van der Waals surface area (Å²) in [6.45, 7) is 0.264. The lowest BCUT2D eigenvalue weighted by molar-refractivity contribution is -0.145. The zero-order valence-corrected chi connectivity index (χ0v) is 26.1. The van der Waals surface area contributed by atoms with Crippen LogP contribution in [0.2, 0.25) is 0 Å². The molecule has 5 rings (SSSR count). The molecule has 5 atom stereocenters. The van der Waals surface area contributed by atoms with Crippen LogP contribution in [0.4, 0.5) is 10.5 Å². The van der Waals surface area contributed by atoms with E-state index >= 15 is 0 Å². The highest BCUT2D eigenvalue weighted by molar-refractivity contribution is 7.89. The highest BCUT2D eigenvalue weighted by Crippen LogP contribution is 2.33. The van der Waals surface area contributed by atoms with Crippen LogP contribution in [0.25, 0.3) is 0 Å². The van der Waals surface area contributed by atoms with Crippen LogP contribution in [0.5, 0.6) is 0 Å². The van der Waals surface area contributed by atoms with E-state index in [1.165, 1.54) is 19.2 Å². The number of ether oxygens (including phenoxy) is 3. The molecule has 2 aliphatic heterocycles. The van der Waals surface area contributed by atoms with Crippen LogP contribution < -0.4 is 16.0 Å². The molecule has 2 amide bonds. The van der Waals surface area contributed by atoms with E-state index in [0.717, 1.165) is 22.9 Å². The molecule has 0 aromatic heterocycles. The van der Waals surface area contributed by atoms with E-state index in [9.17, 15) is 23.1 Å². The zero-order valence-electron chi connectivity index (χ0n) is 25.3. The van der Waals surface area contributed by atoms with E-state index < -0.39 is 47.2 Å². The fourth-order valence-electron chi connectivity index (χ4n) is 5.81. The van der Waals surface area contributed by atoms with Crippen LogP contribution in [0.3, 0.4) is 0 Å². The molecule has 0 bridgehead atoms. The molecule has 2 heterocycles. The molecule has 3 fully saturated rings. The topological polar surface area (TPSA) is 165 Å². The molecule has 14 heteroatoms. The van der Waals surface area contributed by atoms with Crippen molar-refractivity contribution < 1.29 is 42.2 Å². The number of nitrogens with one attached hydrogen (secondary N) is 3. The first-order valence-corrected chi connectivity index (χ1v) is 16.8. The van der Waals surface area contributed by atoms with Gasteiger partial charge in [0.15, 0.2) is 6.29 Å². The fourth-order valence-corrected chi connectivity index (χ4v) is 7.16. The number of carbonyl (C=O) groups is 2. The van der Waals surface area contributed by atoms with Crippen molar-refractivity contribution in [1.82, 2.24) is 15.1 Å². The number of hydrogen-bond acceptors (Lipinski definition) is 10. The van der Waals surface area contributed by atoms with Gasteiger partial charge in [-0.1, -0.05) is 53.7 Å². The summed E-state index contributed by atoms with van der Waals surface area (Å²) in [6, 6.07) is 14.4. The Balaban J connectivity index is 1.34. The van der Waals surface area contributed by atoms with Crippen molar-refractivity contribution in [2.75, 3.05) is 38.7 Å². The molecule has 3 aliphatic rings. The van der Waals surface area contributed by atoms with Crippen LogP contribution in [0, 0.1) is 5.92 Å². The molecular formula is C31H42N4O9S. The van der Waals surface area contributed by atoms with Gasteiger partial charge >= 0.3 is 6.09 Å². The molecule has 0 radical (unpaired) electrons. The average molecular weight is 647 g/mol. The number of aliphatic hydroxyl groups is 1. The first kappa shape index (κ1) is 33.1. The Labute approximate surface area is 263 Å². The van der Waals surface area contributed by atoms with Gasteiger partial charge in [0.2, 0.25) is 5.91 Å². The minimum Gasteiger partial charge on any atom is -0.443 e. The van der Waals surface area contributed by atoms with Gasteiger partial charge < -0.3 is 35.3 Å². The molecule has 13 nitrogen and oxygen atoms in total. The van der Waals surface area contributed by atoms with E-state index in [1.807, 2.05) is 30.3 Å². The Hall–Kier alpha value is -3.27. The van der Waals surface area contributed by atoms with Crippen molar-refractivity contribution in [3.63, 3.8) is 0 Å². The molecule has 2 aromatic rings. The van der Waals surface area contributed by atoms with Crippen LogP contribution >= 0.6 is 0 Å². The summed E-state index contributed by atoms with van der Waals surface area (Å²) in [4.78, 5) is 30.8. The molecule has 45 heavy (non-hydrogen) atoms. The highest BCUT2D eigenvalue weighted by Gasteiger charge is 2.44. The maximum absolute atomic E-state index is 14.0. The fraction of sp³-hybridized carbons (Fsp3) is 0.548. The first-order valence-electron chi connectivity index (χ1n) is 15.4. The van der Waals surface area contributed by atoms with Crippen molar-refractivity contribution in [3.05, 3.63) is 60.2 Å². The number of fused-ring (bicyclic) bond motifs is 1. The largest absolute Gasteiger partial charge is 0.443 e.